The lowest BCUT2D eigenvalue weighted by Crippen LogP contribution is -2.44. The number of carbonyl (C=O) groups is 2. The second-order valence-corrected chi connectivity index (χ2v) is 9.35. The van der Waals surface area contributed by atoms with Crippen LogP contribution in [0.4, 0.5) is 11.4 Å². The zero-order chi connectivity index (χ0) is 26.4. The van der Waals surface area contributed by atoms with Crippen LogP contribution < -0.4 is 4.90 Å². The smallest absolute Gasteiger partial charge is 0.348 e. The monoisotopic (exact) mass is 507 g/mol. The third kappa shape index (κ3) is 5.77. The Kier molecular flexibility index (Phi) is 8.54. The van der Waals surface area contributed by atoms with Crippen LogP contribution in [0.2, 0.25) is 0 Å². The molecule has 0 bridgehead atoms. The second-order valence-electron chi connectivity index (χ2n) is 8.25. The van der Waals surface area contributed by atoms with Crippen molar-refractivity contribution in [2.75, 3.05) is 44.7 Å². The number of hydrogen-bond acceptors (Lipinski definition) is 10. The van der Waals surface area contributed by atoms with Gasteiger partial charge in [0.2, 0.25) is 0 Å². The third-order valence-electron chi connectivity index (χ3n) is 5.90. The summed E-state index contributed by atoms with van der Waals surface area (Å²) < 4.78 is 5.03. The fourth-order valence-corrected chi connectivity index (χ4v) is 5.06. The van der Waals surface area contributed by atoms with Gasteiger partial charge in [-0.2, -0.15) is 10.5 Å². The van der Waals surface area contributed by atoms with Crippen molar-refractivity contribution in [2.45, 2.75) is 20.3 Å². The van der Waals surface area contributed by atoms with Crippen LogP contribution in [-0.2, 0) is 16.0 Å². The van der Waals surface area contributed by atoms with Crippen LogP contribution in [0.25, 0.3) is 6.08 Å². The predicted molar refractivity (Wildman–Crippen MR) is 135 cm³/mol. The van der Waals surface area contributed by atoms with Gasteiger partial charge >= 0.3 is 5.97 Å². The highest BCUT2D eigenvalue weighted by molar-refractivity contribution is 7.14. The standard InChI is InChI=1S/C25H25N5O5S/c1-4-35-25(32)24-16(2)20(15-27)23(36-24)13-22(31)18(14-26)11-17-12-19(30(33)34)5-6-21(17)29-9-7-28(3)8-10-29/h5-6,11-12H,4,7-10,13H2,1-3H3/b18-11-. The largest absolute Gasteiger partial charge is 0.462 e. The topological polar surface area (TPSA) is 141 Å². The fraction of sp³-hybridized carbons (Fsp3) is 0.360. The Bertz CT molecular complexity index is 1310. The summed E-state index contributed by atoms with van der Waals surface area (Å²) in [5, 5.41) is 30.7. The van der Waals surface area contributed by atoms with E-state index >= 15 is 0 Å². The van der Waals surface area contributed by atoms with Crippen LogP contribution >= 0.6 is 11.3 Å². The van der Waals surface area contributed by atoms with E-state index < -0.39 is 16.7 Å². The van der Waals surface area contributed by atoms with E-state index in [1.807, 2.05) is 19.2 Å². The van der Waals surface area contributed by atoms with Gasteiger partial charge in [0.05, 0.1) is 22.7 Å². The van der Waals surface area contributed by atoms with Crippen LogP contribution in [0.15, 0.2) is 23.8 Å². The molecule has 10 nitrogen and oxygen atoms in total. The molecular formula is C25H25N5O5S. The molecular weight excluding hydrogens is 482 g/mol. The lowest BCUT2D eigenvalue weighted by Gasteiger charge is -2.34. The van der Waals surface area contributed by atoms with Crippen molar-refractivity contribution in [3.63, 3.8) is 0 Å². The molecule has 0 amide bonds. The molecule has 0 atom stereocenters. The van der Waals surface area contributed by atoms with E-state index in [1.165, 1.54) is 18.2 Å². The summed E-state index contributed by atoms with van der Waals surface area (Å²) in [7, 11) is 2.01. The number of carbonyl (C=O) groups excluding carboxylic acids is 2. The number of rotatable bonds is 8. The summed E-state index contributed by atoms with van der Waals surface area (Å²) in [5.74, 6) is -1.12. The normalized spacial score (nSPS) is 14.1. The number of ether oxygens (including phenoxy) is 1. The number of anilines is 1. The minimum atomic E-state index is -0.570. The van der Waals surface area contributed by atoms with Crippen molar-refractivity contribution < 1.29 is 19.2 Å². The average molecular weight is 508 g/mol. The van der Waals surface area contributed by atoms with Crippen LogP contribution in [0.1, 0.15) is 38.2 Å². The number of nitro groups is 1. The molecule has 36 heavy (non-hydrogen) atoms. The minimum Gasteiger partial charge on any atom is -0.462 e. The summed E-state index contributed by atoms with van der Waals surface area (Å²) >= 11 is 0.997. The van der Waals surface area contributed by atoms with Gasteiger partial charge in [-0.15, -0.1) is 11.3 Å². The van der Waals surface area contributed by atoms with Gasteiger partial charge in [-0.25, -0.2) is 4.79 Å². The van der Waals surface area contributed by atoms with E-state index in [0.717, 1.165) is 24.4 Å². The lowest BCUT2D eigenvalue weighted by molar-refractivity contribution is -0.384. The number of non-ortho nitro benzene ring substituents is 1. The summed E-state index contributed by atoms with van der Waals surface area (Å²) in [5.41, 5.74) is 1.39. The molecule has 11 heteroatoms. The summed E-state index contributed by atoms with van der Waals surface area (Å²) in [6, 6.07) is 8.33. The average Bonchev–Trinajstić information content (AvgIpc) is 3.17. The fourth-order valence-electron chi connectivity index (χ4n) is 3.91. The zero-order valence-corrected chi connectivity index (χ0v) is 21.1. The summed E-state index contributed by atoms with van der Waals surface area (Å²) in [4.78, 5) is 41.0. The van der Waals surface area contributed by atoms with E-state index in [9.17, 15) is 30.2 Å². The molecule has 2 heterocycles. The number of nitro benzene ring substituents is 1. The van der Waals surface area contributed by atoms with Crippen molar-refractivity contribution in [1.82, 2.24) is 4.90 Å². The highest BCUT2D eigenvalue weighted by atomic mass is 32.1. The van der Waals surface area contributed by atoms with E-state index in [4.69, 9.17) is 4.74 Å². The number of hydrogen-bond donors (Lipinski definition) is 0. The van der Waals surface area contributed by atoms with Gasteiger partial charge in [0, 0.05) is 60.9 Å². The molecule has 3 rings (SSSR count). The molecule has 0 spiro atoms. The van der Waals surface area contributed by atoms with Gasteiger partial charge in [0.25, 0.3) is 5.69 Å². The molecule has 1 aliphatic rings. The van der Waals surface area contributed by atoms with Gasteiger partial charge < -0.3 is 14.5 Å². The molecule has 0 N–H and O–H groups in total. The van der Waals surface area contributed by atoms with Crippen molar-refractivity contribution in [2.24, 2.45) is 0 Å². The predicted octanol–water partition coefficient (Wildman–Crippen LogP) is 3.48. The lowest BCUT2D eigenvalue weighted by atomic mass is 10.0. The highest BCUT2D eigenvalue weighted by Gasteiger charge is 2.24. The van der Waals surface area contributed by atoms with Crippen molar-refractivity contribution in [1.29, 1.82) is 10.5 Å². The molecule has 1 aliphatic heterocycles. The van der Waals surface area contributed by atoms with E-state index in [0.29, 0.717) is 34.8 Å². The molecule has 2 aromatic rings. The van der Waals surface area contributed by atoms with Gasteiger partial charge in [-0.3, -0.25) is 14.9 Å². The van der Waals surface area contributed by atoms with Gasteiger partial charge in [-0.1, -0.05) is 0 Å². The van der Waals surface area contributed by atoms with Crippen LogP contribution in [0, 0.1) is 39.7 Å². The van der Waals surface area contributed by atoms with E-state index in [-0.39, 0.29) is 34.7 Å². The first-order valence-corrected chi connectivity index (χ1v) is 12.1. The van der Waals surface area contributed by atoms with Crippen molar-refractivity contribution >= 4 is 40.5 Å². The first-order valence-electron chi connectivity index (χ1n) is 11.3. The number of esters is 1. The number of allylic oxidation sites excluding steroid dienone is 1. The molecule has 1 aromatic carbocycles. The summed E-state index contributed by atoms with van der Waals surface area (Å²) in [6.07, 6.45) is 1.10. The Labute approximate surface area is 212 Å². The number of nitrogens with zero attached hydrogens (tertiary/aromatic N) is 5. The maximum absolute atomic E-state index is 13.1. The molecule has 0 aliphatic carbocycles. The Hall–Kier alpha value is -4.06. The van der Waals surface area contributed by atoms with E-state index in [2.05, 4.69) is 9.80 Å². The number of Topliss-reactive ketones (excluding diaryl/α,β-unsaturated/α-hetero) is 1. The molecule has 0 radical (unpaired) electrons. The number of piperazine rings is 1. The maximum Gasteiger partial charge on any atom is 0.348 e. The number of likely N-dealkylation sites (N-methyl/N-ethyl adjacent to an activating group) is 1. The maximum atomic E-state index is 13.1. The second kappa shape index (κ2) is 11.6. The molecule has 1 saturated heterocycles. The molecule has 1 fully saturated rings. The Morgan fingerprint density at radius 3 is 2.53 bits per heavy atom. The van der Waals surface area contributed by atoms with Gasteiger partial charge in [0.1, 0.15) is 17.0 Å². The van der Waals surface area contributed by atoms with E-state index in [1.54, 1.807) is 19.9 Å². The quantitative estimate of drug-likeness (QED) is 0.173. The van der Waals surface area contributed by atoms with Gasteiger partial charge in [0.15, 0.2) is 5.78 Å². The zero-order valence-electron chi connectivity index (χ0n) is 20.2. The van der Waals surface area contributed by atoms with Crippen molar-refractivity contribution in [3.8, 4) is 12.1 Å². The Morgan fingerprint density at radius 2 is 1.94 bits per heavy atom. The van der Waals surface area contributed by atoms with Crippen molar-refractivity contribution in [3.05, 3.63) is 60.3 Å². The first-order chi connectivity index (χ1) is 17.2. The molecule has 1 aromatic heterocycles. The first kappa shape index (κ1) is 26.5. The number of benzene rings is 1. The van der Waals surface area contributed by atoms with Crippen LogP contribution in [0.3, 0.4) is 0 Å². The third-order valence-corrected chi connectivity index (χ3v) is 7.17. The molecule has 0 unspecified atom stereocenters. The highest BCUT2D eigenvalue weighted by Crippen LogP contribution is 2.31. The molecule has 186 valence electrons. The number of nitriles is 2. The van der Waals surface area contributed by atoms with Gasteiger partial charge in [-0.05, 0) is 38.6 Å². The van der Waals surface area contributed by atoms with Crippen LogP contribution in [-0.4, -0.2) is 61.4 Å². The SMILES string of the molecule is CCOC(=O)c1sc(CC(=O)/C(C#N)=C\c2cc([N+](=O)[O-])ccc2N2CCN(C)CC2)c(C#N)c1C. The Balaban J connectivity index is 1.98. The Morgan fingerprint density at radius 1 is 1.25 bits per heavy atom. The molecule has 0 saturated carbocycles. The number of ketones is 1. The van der Waals surface area contributed by atoms with Crippen LogP contribution in [0.5, 0.6) is 0 Å². The minimum absolute atomic E-state index is 0.149. The summed E-state index contributed by atoms with van der Waals surface area (Å²) in [6.45, 7) is 6.46. The number of thiophene rings is 1.